The summed E-state index contributed by atoms with van der Waals surface area (Å²) in [6.45, 7) is 8.71. The quantitative estimate of drug-likeness (QED) is 0.152. The Morgan fingerprint density at radius 2 is 1.95 bits per heavy atom. The summed E-state index contributed by atoms with van der Waals surface area (Å²) in [5.74, 6) is 2.33. The number of ketones is 1. The van der Waals surface area contributed by atoms with Gasteiger partial charge in [-0.15, -0.1) is 6.58 Å². The molecule has 4 aliphatic rings. The summed E-state index contributed by atoms with van der Waals surface area (Å²) < 4.78 is 12.8. The third-order valence-corrected chi connectivity index (χ3v) is 10.9. The van der Waals surface area contributed by atoms with Crippen LogP contribution in [0.1, 0.15) is 92.6 Å². The number of aromatic hydroxyl groups is 1. The van der Waals surface area contributed by atoms with E-state index in [4.69, 9.17) is 9.47 Å². The number of nitrogens with zero attached hydrogens (tertiary/aromatic N) is 2. The Morgan fingerprint density at radius 1 is 1.16 bits per heavy atom. The number of ether oxygens (including phenoxy) is 2. The Hall–Kier alpha value is -3.32. The lowest BCUT2D eigenvalue weighted by Gasteiger charge is -2.60. The largest absolute Gasteiger partial charge is 0.508 e. The van der Waals surface area contributed by atoms with Crippen molar-refractivity contribution in [3.63, 3.8) is 0 Å². The minimum atomic E-state index is -0.258. The first kappa shape index (κ1) is 30.7. The normalized spacial score (nSPS) is 26.4. The van der Waals surface area contributed by atoms with Crippen LogP contribution in [0.2, 0.25) is 0 Å². The molecule has 6 rings (SSSR count). The molecule has 5 atom stereocenters. The fraction of sp³-hybridized carbons (Fsp3) is 0.568. The highest BCUT2D eigenvalue weighted by molar-refractivity contribution is 5.96. The third kappa shape index (κ3) is 5.21. The van der Waals surface area contributed by atoms with Crippen LogP contribution in [0.3, 0.4) is 0 Å². The second-order valence-corrected chi connectivity index (χ2v) is 13.2. The summed E-state index contributed by atoms with van der Waals surface area (Å²) in [6, 6.07) is 11.4. The van der Waals surface area contributed by atoms with Gasteiger partial charge < -0.3 is 19.5 Å². The number of hydrogen-bond acceptors (Lipinski definition) is 6. The van der Waals surface area contributed by atoms with Crippen molar-refractivity contribution in [2.75, 3.05) is 26.7 Å². The molecule has 44 heavy (non-hydrogen) atoms. The zero-order valence-corrected chi connectivity index (χ0v) is 26.4. The predicted octanol–water partition coefficient (Wildman–Crippen LogP) is 6.46. The molecule has 2 bridgehead atoms. The van der Waals surface area contributed by atoms with E-state index in [1.54, 1.807) is 13.2 Å². The number of rotatable bonds is 14. The maximum Gasteiger partial charge on any atom is 0.222 e. The second kappa shape index (κ2) is 13.0. The minimum absolute atomic E-state index is 0.0432. The van der Waals surface area contributed by atoms with E-state index in [1.165, 1.54) is 0 Å². The lowest BCUT2D eigenvalue weighted by atomic mass is 9.50. The van der Waals surface area contributed by atoms with Gasteiger partial charge in [-0.1, -0.05) is 56.2 Å². The van der Waals surface area contributed by atoms with Crippen LogP contribution in [0.4, 0.5) is 0 Å². The number of benzene rings is 2. The zero-order chi connectivity index (χ0) is 30.8. The van der Waals surface area contributed by atoms with E-state index >= 15 is 0 Å². The average Bonchev–Trinajstić information content (AvgIpc) is 3.38. The molecule has 2 aliphatic heterocycles. The fourth-order valence-corrected chi connectivity index (χ4v) is 9.00. The number of piperidine rings is 1. The topological polar surface area (TPSA) is 79.3 Å². The van der Waals surface area contributed by atoms with Crippen LogP contribution in [0.15, 0.2) is 49.1 Å². The van der Waals surface area contributed by atoms with Crippen molar-refractivity contribution in [2.24, 2.45) is 5.92 Å². The SMILES string of the molecule is C=CCN1CC[C@]23c4c5c(O)cc(OC)c4O[C@H]2[C@@H](N(CCCCC)C(=O)CCCCC(=O)c2ccccc2)CC[C@H]3[C@H]1C5. The number of carbonyl (C=O) groups is 2. The lowest BCUT2D eigenvalue weighted by Crippen LogP contribution is -2.69. The summed E-state index contributed by atoms with van der Waals surface area (Å²) in [5, 5.41) is 11.2. The van der Waals surface area contributed by atoms with Crippen molar-refractivity contribution in [3.8, 4) is 17.2 Å². The number of Topliss-reactive ketones (excluding diaryl/α,β-unsaturated/α-hetero) is 1. The van der Waals surface area contributed by atoms with E-state index in [2.05, 4.69) is 23.3 Å². The van der Waals surface area contributed by atoms with E-state index in [0.29, 0.717) is 43.4 Å². The Bertz CT molecular complexity index is 1380. The van der Waals surface area contributed by atoms with Gasteiger partial charge in [-0.05, 0) is 57.4 Å². The monoisotopic (exact) mass is 600 g/mol. The van der Waals surface area contributed by atoms with Crippen LogP contribution in [-0.2, 0) is 16.6 Å². The van der Waals surface area contributed by atoms with Gasteiger partial charge in [-0.2, -0.15) is 0 Å². The third-order valence-electron chi connectivity index (χ3n) is 10.9. The molecule has 7 heteroatoms. The number of likely N-dealkylation sites (tertiary alicyclic amines) is 1. The van der Waals surface area contributed by atoms with Gasteiger partial charge in [0, 0.05) is 60.1 Å². The number of phenolic OH excluding ortho intramolecular Hbond substituents is 1. The number of amides is 1. The maximum absolute atomic E-state index is 14.1. The van der Waals surface area contributed by atoms with Gasteiger partial charge in [0.1, 0.15) is 11.9 Å². The standard InChI is InChI=1S/C37H48N2O5/c1-4-6-12-21-39(33(42)16-11-10-15-30(40)25-13-8-7-9-14-25)28-18-17-27-29-23-26-31(41)24-32(43-3)35-34(26)37(27,36(28)44-35)19-22-38(29)20-5-2/h5,7-9,13-14,24,27-29,36,41H,2,4,6,10-12,15-23H2,1,3H3/t27-,28-,29+,36-,37-/m0/s1. The molecule has 2 aliphatic carbocycles. The van der Waals surface area contributed by atoms with Gasteiger partial charge in [0.2, 0.25) is 5.91 Å². The highest BCUT2D eigenvalue weighted by atomic mass is 16.5. The van der Waals surface area contributed by atoms with Crippen molar-refractivity contribution in [1.29, 1.82) is 0 Å². The first-order chi connectivity index (χ1) is 21.4. The van der Waals surface area contributed by atoms with Gasteiger partial charge in [-0.3, -0.25) is 14.5 Å². The van der Waals surface area contributed by atoms with Crippen LogP contribution in [0, 0.1) is 5.92 Å². The lowest BCUT2D eigenvalue weighted by molar-refractivity contribution is -0.142. The average molecular weight is 601 g/mol. The molecule has 0 radical (unpaired) electrons. The van der Waals surface area contributed by atoms with E-state index < -0.39 is 0 Å². The molecule has 1 saturated carbocycles. The molecule has 2 aromatic rings. The minimum Gasteiger partial charge on any atom is -0.508 e. The molecule has 2 aromatic carbocycles. The van der Waals surface area contributed by atoms with Crippen LogP contribution < -0.4 is 9.47 Å². The van der Waals surface area contributed by atoms with Gasteiger partial charge in [0.05, 0.1) is 13.2 Å². The van der Waals surface area contributed by atoms with E-state index in [0.717, 1.165) is 87.0 Å². The molecule has 1 amide bonds. The molecule has 7 nitrogen and oxygen atoms in total. The van der Waals surface area contributed by atoms with Gasteiger partial charge in [0.15, 0.2) is 17.3 Å². The Morgan fingerprint density at radius 3 is 2.70 bits per heavy atom. The van der Waals surface area contributed by atoms with Crippen molar-refractivity contribution in [3.05, 3.63) is 65.7 Å². The summed E-state index contributed by atoms with van der Waals surface area (Å²) >= 11 is 0. The fourth-order valence-electron chi connectivity index (χ4n) is 9.00. The summed E-state index contributed by atoms with van der Waals surface area (Å²) in [6.07, 6.45) is 10.9. The molecule has 2 fully saturated rings. The second-order valence-electron chi connectivity index (χ2n) is 13.2. The number of phenols is 1. The van der Waals surface area contributed by atoms with Gasteiger partial charge in [0.25, 0.3) is 0 Å². The summed E-state index contributed by atoms with van der Waals surface area (Å²) in [5.41, 5.74) is 2.61. The van der Waals surface area contributed by atoms with Crippen molar-refractivity contribution in [2.45, 2.75) is 101 Å². The molecule has 1 spiro atoms. The summed E-state index contributed by atoms with van der Waals surface area (Å²) in [7, 11) is 1.64. The van der Waals surface area contributed by atoms with Crippen molar-refractivity contribution < 1.29 is 24.2 Å². The Kier molecular flexibility index (Phi) is 9.04. The molecular weight excluding hydrogens is 552 g/mol. The molecule has 1 N–H and O–H groups in total. The molecule has 2 heterocycles. The van der Waals surface area contributed by atoms with Crippen LogP contribution in [0.5, 0.6) is 17.2 Å². The number of methoxy groups -OCH3 is 1. The first-order valence-corrected chi connectivity index (χ1v) is 16.8. The van der Waals surface area contributed by atoms with Crippen LogP contribution >= 0.6 is 0 Å². The van der Waals surface area contributed by atoms with Crippen LogP contribution in [-0.4, -0.2) is 71.5 Å². The summed E-state index contributed by atoms with van der Waals surface area (Å²) in [4.78, 5) is 31.4. The molecule has 236 valence electrons. The van der Waals surface area contributed by atoms with Crippen molar-refractivity contribution >= 4 is 11.7 Å². The number of hydrogen-bond donors (Lipinski definition) is 1. The highest BCUT2D eigenvalue weighted by Gasteiger charge is 2.67. The number of carbonyl (C=O) groups excluding carboxylic acids is 2. The van der Waals surface area contributed by atoms with Crippen LogP contribution in [0.25, 0.3) is 0 Å². The Balaban J connectivity index is 1.26. The van der Waals surface area contributed by atoms with E-state index in [9.17, 15) is 14.7 Å². The molecule has 0 unspecified atom stereocenters. The maximum atomic E-state index is 14.1. The van der Waals surface area contributed by atoms with E-state index in [1.807, 2.05) is 36.4 Å². The molecular formula is C37H48N2O5. The first-order valence-electron chi connectivity index (χ1n) is 16.8. The molecule has 1 saturated heterocycles. The highest BCUT2D eigenvalue weighted by Crippen LogP contribution is 2.65. The van der Waals surface area contributed by atoms with Gasteiger partial charge in [-0.25, -0.2) is 0 Å². The van der Waals surface area contributed by atoms with E-state index in [-0.39, 0.29) is 35.0 Å². The molecule has 0 aromatic heterocycles. The number of unbranched alkanes of at least 4 members (excludes halogenated alkanes) is 3. The smallest absolute Gasteiger partial charge is 0.222 e. The predicted molar refractivity (Wildman–Crippen MR) is 172 cm³/mol. The van der Waals surface area contributed by atoms with Gasteiger partial charge >= 0.3 is 0 Å². The van der Waals surface area contributed by atoms with Crippen molar-refractivity contribution in [1.82, 2.24) is 9.80 Å². The zero-order valence-electron chi connectivity index (χ0n) is 26.4. The Labute approximate surface area is 262 Å².